The van der Waals surface area contributed by atoms with Crippen LogP contribution in [0.3, 0.4) is 0 Å². The monoisotopic (exact) mass is 292 g/mol. The number of fused-ring (bicyclic) bond motifs is 1. The molecule has 0 N–H and O–H groups in total. The quantitative estimate of drug-likeness (QED) is 0.807. The molecule has 0 bridgehead atoms. The Hall–Kier alpha value is -1.04. The lowest BCUT2D eigenvalue weighted by Crippen LogP contribution is -2.34. The summed E-state index contributed by atoms with van der Waals surface area (Å²) in [5.41, 5.74) is 2.39. The maximum absolute atomic E-state index is 5.37. The number of thiazole rings is 1. The summed E-state index contributed by atoms with van der Waals surface area (Å²) in [6.45, 7) is 5.80. The van der Waals surface area contributed by atoms with Crippen molar-refractivity contribution in [1.29, 1.82) is 0 Å². The molecule has 100 valence electrons. The van der Waals surface area contributed by atoms with Crippen LogP contribution in [0.2, 0.25) is 0 Å². The fourth-order valence-electron chi connectivity index (χ4n) is 2.03. The fraction of sp³-hybridized carbons (Fsp3) is 0.357. The summed E-state index contributed by atoms with van der Waals surface area (Å²) in [6, 6.07) is 8.28. The number of nitrogens with zero attached hydrogens (tertiary/aromatic N) is 2. The molecule has 1 saturated heterocycles. The Balaban J connectivity index is 1.70. The van der Waals surface area contributed by atoms with E-state index in [1.165, 1.54) is 10.4 Å². The molecule has 0 aliphatic carbocycles. The van der Waals surface area contributed by atoms with E-state index in [0.717, 1.165) is 36.2 Å². The van der Waals surface area contributed by atoms with Gasteiger partial charge in [-0.2, -0.15) is 0 Å². The first-order valence-electron chi connectivity index (χ1n) is 6.34. The molecule has 0 spiro atoms. The number of allylic oxidation sites excluding steroid dienone is 1. The zero-order valence-corrected chi connectivity index (χ0v) is 12.5. The number of ether oxygens (including phenoxy) is 1. The Morgan fingerprint density at radius 1 is 1.37 bits per heavy atom. The second kappa shape index (κ2) is 5.94. The summed E-state index contributed by atoms with van der Waals surface area (Å²) in [5, 5.41) is 2.20. The van der Waals surface area contributed by atoms with Crippen LogP contribution in [-0.4, -0.2) is 36.2 Å². The molecule has 0 radical (unpaired) electrons. The largest absolute Gasteiger partial charge is 0.378 e. The van der Waals surface area contributed by atoms with Crippen molar-refractivity contribution in [2.24, 2.45) is 0 Å². The van der Waals surface area contributed by atoms with Crippen LogP contribution < -0.4 is 0 Å². The van der Waals surface area contributed by atoms with Gasteiger partial charge in [0.1, 0.15) is 0 Å². The van der Waals surface area contributed by atoms with E-state index in [4.69, 9.17) is 4.74 Å². The van der Waals surface area contributed by atoms with Gasteiger partial charge in [0.25, 0.3) is 0 Å². The van der Waals surface area contributed by atoms with Crippen LogP contribution in [0.25, 0.3) is 10.2 Å². The van der Waals surface area contributed by atoms with E-state index in [1.54, 1.807) is 23.1 Å². The first-order chi connectivity index (χ1) is 9.33. The van der Waals surface area contributed by atoms with Gasteiger partial charge in [0, 0.05) is 18.8 Å². The third-order valence-corrected chi connectivity index (χ3v) is 5.24. The molecule has 0 saturated carbocycles. The normalized spacial score (nSPS) is 17.1. The van der Waals surface area contributed by atoms with E-state index >= 15 is 0 Å². The Labute approximate surface area is 121 Å². The molecule has 3 rings (SSSR count). The SMILES string of the molecule is C/C(=C\Sc1nc2ccccc2s1)N1CCOCC1. The molecule has 1 aromatic carbocycles. The average Bonchev–Trinajstić information content (AvgIpc) is 2.88. The third kappa shape index (κ3) is 3.11. The van der Waals surface area contributed by atoms with Crippen molar-refractivity contribution in [3.05, 3.63) is 35.4 Å². The molecule has 19 heavy (non-hydrogen) atoms. The summed E-state index contributed by atoms with van der Waals surface area (Å²) in [7, 11) is 0. The van der Waals surface area contributed by atoms with E-state index in [1.807, 2.05) is 6.07 Å². The third-order valence-electron chi connectivity index (χ3n) is 3.11. The van der Waals surface area contributed by atoms with E-state index in [9.17, 15) is 0 Å². The number of rotatable bonds is 3. The predicted octanol–water partition coefficient (Wildman–Crippen LogP) is 3.58. The van der Waals surface area contributed by atoms with Gasteiger partial charge < -0.3 is 9.64 Å². The number of hydrogen-bond donors (Lipinski definition) is 0. The van der Waals surface area contributed by atoms with Gasteiger partial charge in [-0.3, -0.25) is 0 Å². The van der Waals surface area contributed by atoms with Crippen molar-refractivity contribution in [1.82, 2.24) is 9.88 Å². The van der Waals surface area contributed by atoms with E-state index in [2.05, 4.69) is 40.4 Å². The lowest BCUT2D eigenvalue weighted by atomic mass is 10.3. The van der Waals surface area contributed by atoms with Crippen molar-refractivity contribution >= 4 is 33.3 Å². The minimum Gasteiger partial charge on any atom is -0.378 e. The summed E-state index contributed by atoms with van der Waals surface area (Å²) in [4.78, 5) is 6.99. The standard InChI is InChI=1S/C14H16N2OS2/c1-11(16-6-8-17-9-7-16)10-18-14-15-12-4-2-3-5-13(12)19-14/h2-5,10H,6-9H2,1H3/b11-10+. The van der Waals surface area contributed by atoms with Gasteiger partial charge >= 0.3 is 0 Å². The Morgan fingerprint density at radius 2 is 2.16 bits per heavy atom. The highest BCUT2D eigenvalue weighted by molar-refractivity contribution is 8.03. The number of benzene rings is 1. The molecule has 1 aromatic heterocycles. The molecule has 1 aliphatic rings. The van der Waals surface area contributed by atoms with Crippen LogP contribution >= 0.6 is 23.1 Å². The maximum atomic E-state index is 5.37. The second-order valence-electron chi connectivity index (χ2n) is 4.42. The van der Waals surface area contributed by atoms with Crippen molar-refractivity contribution in [2.45, 2.75) is 11.3 Å². The number of para-hydroxylation sites is 1. The summed E-state index contributed by atoms with van der Waals surface area (Å²) in [5.74, 6) is 0. The van der Waals surface area contributed by atoms with Gasteiger partial charge in [-0.05, 0) is 24.5 Å². The lowest BCUT2D eigenvalue weighted by Gasteiger charge is -2.29. The highest BCUT2D eigenvalue weighted by Crippen LogP contribution is 2.30. The topological polar surface area (TPSA) is 25.4 Å². The zero-order chi connectivity index (χ0) is 13.1. The number of hydrogen-bond acceptors (Lipinski definition) is 5. The lowest BCUT2D eigenvalue weighted by molar-refractivity contribution is 0.0539. The molecular weight excluding hydrogens is 276 g/mol. The van der Waals surface area contributed by atoms with Crippen molar-refractivity contribution in [3.63, 3.8) is 0 Å². The smallest absolute Gasteiger partial charge is 0.155 e. The summed E-state index contributed by atoms with van der Waals surface area (Å²) in [6.07, 6.45) is 0. The van der Waals surface area contributed by atoms with Gasteiger partial charge in [0.05, 0.1) is 23.4 Å². The minimum atomic E-state index is 0.830. The Bertz CT molecular complexity index is 555. The molecule has 0 atom stereocenters. The van der Waals surface area contributed by atoms with E-state index < -0.39 is 0 Å². The van der Waals surface area contributed by atoms with Crippen molar-refractivity contribution in [2.75, 3.05) is 26.3 Å². The molecule has 1 aliphatic heterocycles. The first-order valence-corrected chi connectivity index (χ1v) is 8.04. The van der Waals surface area contributed by atoms with Crippen molar-refractivity contribution < 1.29 is 4.74 Å². The van der Waals surface area contributed by atoms with Gasteiger partial charge in [-0.1, -0.05) is 23.9 Å². The average molecular weight is 292 g/mol. The molecule has 1 fully saturated rings. The highest BCUT2D eigenvalue weighted by atomic mass is 32.2. The number of morpholine rings is 1. The molecule has 0 unspecified atom stereocenters. The fourth-order valence-corrected chi connectivity index (χ4v) is 3.90. The predicted molar refractivity (Wildman–Crippen MR) is 81.6 cm³/mol. The highest BCUT2D eigenvalue weighted by Gasteiger charge is 2.10. The maximum Gasteiger partial charge on any atom is 0.155 e. The van der Waals surface area contributed by atoms with Crippen LogP contribution in [-0.2, 0) is 4.74 Å². The van der Waals surface area contributed by atoms with Gasteiger partial charge in [-0.15, -0.1) is 11.3 Å². The zero-order valence-electron chi connectivity index (χ0n) is 10.8. The number of aromatic nitrogens is 1. The van der Waals surface area contributed by atoms with Gasteiger partial charge in [0.15, 0.2) is 4.34 Å². The van der Waals surface area contributed by atoms with Gasteiger partial charge in [-0.25, -0.2) is 4.98 Å². The van der Waals surface area contributed by atoms with Crippen LogP contribution in [0, 0.1) is 0 Å². The molecule has 2 aromatic rings. The molecule has 2 heterocycles. The summed E-state index contributed by atoms with van der Waals surface area (Å²) >= 11 is 3.46. The van der Waals surface area contributed by atoms with E-state index in [0.29, 0.717) is 0 Å². The number of thioether (sulfide) groups is 1. The summed E-state index contributed by atoms with van der Waals surface area (Å²) < 4.78 is 7.72. The Kier molecular flexibility index (Phi) is 4.06. The van der Waals surface area contributed by atoms with Crippen LogP contribution in [0.4, 0.5) is 0 Å². The van der Waals surface area contributed by atoms with Crippen LogP contribution in [0.1, 0.15) is 6.92 Å². The van der Waals surface area contributed by atoms with Crippen LogP contribution in [0.15, 0.2) is 39.7 Å². The van der Waals surface area contributed by atoms with Crippen molar-refractivity contribution in [3.8, 4) is 0 Å². The molecule has 0 amide bonds. The van der Waals surface area contributed by atoms with E-state index in [-0.39, 0.29) is 0 Å². The minimum absolute atomic E-state index is 0.830. The van der Waals surface area contributed by atoms with Gasteiger partial charge in [0.2, 0.25) is 0 Å². The molecule has 3 nitrogen and oxygen atoms in total. The van der Waals surface area contributed by atoms with Crippen LogP contribution in [0.5, 0.6) is 0 Å². The molecule has 5 heteroatoms. The first kappa shape index (κ1) is 13.0. The second-order valence-corrected chi connectivity index (χ2v) is 6.57. The molecular formula is C14H16N2OS2. The Morgan fingerprint density at radius 3 is 2.95 bits per heavy atom.